The lowest BCUT2D eigenvalue weighted by molar-refractivity contribution is 0.669. The number of rotatable bonds is 1. The Kier molecular flexibility index (Phi) is 4.33. The summed E-state index contributed by atoms with van der Waals surface area (Å²) in [5.41, 5.74) is 16.8. The molecule has 2 aliphatic carbocycles. The molecule has 0 radical (unpaired) electrons. The van der Waals surface area contributed by atoms with E-state index in [0.717, 1.165) is 61.3 Å². The smallest absolute Gasteiger partial charge is 0.183 e. The zero-order valence-corrected chi connectivity index (χ0v) is 25.4. The Hall–Kier alpha value is -6.53. The molecule has 0 aliphatic heterocycles. The highest BCUT2D eigenvalue weighted by molar-refractivity contribution is 6.06. The molecule has 10 aromatic rings. The summed E-state index contributed by atoms with van der Waals surface area (Å²) in [6.45, 7) is 0. The van der Waals surface area contributed by atoms with E-state index in [2.05, 4.69) is 118 Å². The van der Waals surface area contributed by atoms with Gasteiger partial charge in [0.05, 0.1) is 28.5 Å². The van der Waals surface area contributed by atoms with Crippen LogP contribution in [0, 0.1) is 0 Å². The van der Waals surface area contributed by atoms with Gasteiger partial charge in [-0.05, 0) is 63.7 Å². The van der Waals surface area contributed by atoms with E-state index in [0.29, 0.717) is 0 Å². The largest absolute Gasteiger partial charge is 0.456 e. The lowest BCUT2D eigenvalue weighted by atomic mass is 9.71. The third kappa shape index (κ3) is 2.72. The maximum atomic E-state index is 6.15. The highest BCUT2D eigenvalue weighted by atomic mass is 16.3. The predicted octanol–water partition coefficient (Wildman–Crippen LogP) is 9.44. The fourth-order valence-corrected chi connectivity index (χ4v) is 8.90. The van der Waals surface area contributed by atoms with Gasteiger partial charge in [-0.15, -0.1) is 0 Å². The van der Waals surface area contributed by atoms with Crippen LogP contribution in [0.5, 0.6) is 0 Å². The van der Waals surface area contributed by atoms with Gasteiger partial charge in [0, 0.05) is 34.3 Å². The van der Waals surface area contributed by atoms with E-state index < -0.39 is 5.41 Å². The Bertz CT molecular complexity index is 2990. The summed E-state index contributed by atoms with van der Waals surface area (Å²) in [7, 11) is 0. The molecule has 0 fully saturated rings. The number of nitrogens with zero attached hydrogens (tertiary/aromatic N) is 5. The minimum absolute atomic E-state index is 0.459. The minimum atomic E-state index is -0.459. The Balaban J connectivity index is 1.22. The van der Waals surface area contributed by atoms with Crippen LogP contribution in [0.1, 0.15) is 22.3 Å². The van der Waals surface area contributed by atoms with Crippen LogP contribution in [0.2, 0.25) is 0 Å². The van der Waals surface area contributed by atoms with E-state index in [-0.39, 0.29) is 0 Å². The third-order valence-electron chi connectivity index (χ3n) is 10.7. The molecule has 0 N–H and O–H groups in total. The molecule has 0 amide bonds. The van der Waals surface area contributed by atoms with Gasteiger partial charge in [0.2, 0.25) is 0 Å². The van der Waals surface area contributed by atoms with Crippen molar-refractivity contribution in [1.82, 2.24) is 23.8 Å². The summed E-state index contributed by atoms with van der Waals surface area (Å²) >= 11 is 0. The molecule has 2 aliphatic rings. The van der Waals surface area contributed by atoms with Crippen LogP contribution in [0.15, 0.2) is 144 Å². The molecule has 6 heteroatoms. The first-order chi connectivity index (χ1) is 23.8. The third-order valence-corrected chi connectivity index (χ3v) is 10.7. The van der Waals surface area contributed by atoms with E-state index >= 15 is 0 Å². The van der Waals surface area contributed by atoms with E-state index in [4.69, 9.17) is 19.4 Å². The summed E-state index contributed by atoms with van der Waals surface area (Å²) in [5.74, 6) is 0. The first-order valence-electron chi connectivity index (χ1n) is 16.2. The van der Waals surface area contributed by atoms with Crippen LogP contribution in [-0.4, -0.2) is 23.8 Å². The van der Waals surface area contributed by atoms with E-state index in [1.165, 1.54) is 38.9 Å². The number of imidazole rings is 1. The molecule has 0 saturated heterocycles. The zero-order chi connectivity index (χ0) is 31.1. The summed E-state index contributed by atoms with van der Waals surface area (Å²) in [6.07, 6.45) is 5.53. The van der Waals surface area contributed by atoms with Crippen molar-refractivity contribution in [3.8, 4) is 33.6 Å². The summed E-state index contributed by atoms with van der Waals surface area (Å²) < 4.78 is 10.6. The van der Waals surface area contributed by atoms with Crippen LogP contribution in [-0.2, 0) is 5.41 Å². The molecular weight excluding hydrogens is 590 g/mol. The second kappa shape index (κ2) is 8.43. The summed E-state index contributed by atoms with van der Waals surface area (Å²) in [4.78, 5) is 15.1. The van der Waals surface area contributed by atoms with Crippen molar-refractivity contribution in [2.75, 3.05) is 0 Å². The van der Waals surface area contributed by atoms with Gasteiger partial charge < -0.3 is 4.42 Å². The molecule has 0 unspecified atom stereocenters. The van der Waals surface area contributed by atoms with Gasteiger partial charge in [-0.3, -0.25) is 8.80 Å². The van der Waals surface area contributed by atoms with Crippen molar-refractivity contribution in [1.29, 1.82) is 0 Å². The molecule has 0 bridgehead atoms. The molecule has 5 aromatic carbocycles. The molecule has 6 nitrogen and oxygen atoms in total. The van der Waals surface area contributed by atoms with E-state index in [1.54, 1.807) is 12.4 Å². The van der Waals surface area contributed by atoms with Gasteiger partial charge in [0.25, 0.3) is 0 Å². The maximum absolute atomic E-state index is 6.15. The normalized spacial score (nSPS) is 14.0. The second-order valence-corrected chi connectivity index (χ2v) is 12.8. The first-order valence-corrected chi connectivity index (χ1v) is 16.2. The van der Waals surface area contributed by atoms with Crippen LogP contribution >= 0.6 is 0 Å². The van der Waals surface area contributed by atoms with Gasteiger partial charge in [-0.2, -0.15) is 0 Å². The van der Waals surface area contributed by atoms with Crippen molar-refractivity contribution in [2.45, 2.75) is 5.41 Å². The lowest BCUT2D eigenvalue weighted by Crippen LogP contribution is -2.25. The standard InChI is InChI=1S/C42H23N5O/c1-5-13-30-25(9-1)26-10-2-6-14-31(26)42(30)32-15-7-3-12-28(32)38-33(42)22-34-39-45-23-35(47(39)41-40(46(34)38)43-19-20-44-41)24-17-18-37-29(21-24)27-11-4-8-16-36(27)48-37/h1-23H. The highest BCUT2D eigenvalue weighted by Crippen LogP contribution is 2.63. The Morgan fingerprint density at radius 1 is 0.500 bits per heavy atom. The van der Waals surface area contributed by atoms with Crippen molar-refractivity contribution in [3.63, 3.8) is 0 Å². The van der Waals surface area contributed by atoms with Crippen LogP contribution in [0.25, 0.3) is 78.0 Å². The van der Waals surface area contributed by atoms with E-state index in [1.807, 2.05) is 18.3 Å². The molecule has 5 heterocycles. The van der Waals surface area contributed by atoms with Crippen LogP contribution in [0.4, 0.5) is 0 Å². The molecule has 222 valence electrons. The number of furan rings is 1. The molecule has 0 atom stereocenters. The Labute approximate surface area is 273 Å². The molecule has 12 rings (SSSR count). The van der Waals surface area contributed by atoms with Crippen molar-refractivity contribution >= 4 is 44.4 Å². The SMILES string of the molecule is c1ccc2c(c1)-c1ccccc1C21c2ccccc2-c2c1cc1c3ncc(-c4ccc5oc6ccccc6c5c4)n3c3nccnc3n21. The maximum Gasteiger partial charge on any atom is 0.183 e. The number of para-hydroxylation sites is 1. The number of benzene rings is 5. The second-order valence-electron chi connectivity index (χ2n) is 12.8. The number of fused-ring (bicyclic) bond motifs is 20. The molecule has 5 aromatic heterocycles. The fraction of sp³-hybridized carbons (Fsp3) is 0.0238. The molecule has 48 heavy (non-hydrogen) atoms. The van der Waals surface area contributed by atoms with Crippen molar-refractivity contribution in [2.24, 2.45) is 0 Å². The zero-order valence-electron chi connectivity index (χ0n) is 25.4. The average molecular weight is 614 g/mol. The predicted molar refractivity (Wildman–Crippen MR) is 188 cm³/mol. The van der Waals surface area contributed by atoms with Gasteiger partial charge in [-0.1, -0.05) is 91.0 Å². The van der Waals surface area contributed by atoms with Crippen molar-refractivity contribution in [3.05, 3.63) is 162 Å². The van der Waals surface area contributed by atoms with Gasteiger partial charge in [0.15, 0.2) is 16.9 Å². The number of hydrogen-bond donors (Lipinski definition) is 0. The Morgan fingerprint density at radius 3 is 1.90 bits per heavy atom. The Morgan fingerprint density at radius 2 is 1.12 bits per heavy atom. The van der Waals surface area contributed by atoms with Crippen LogP contribution < -0.4 is 0 Å². The topological polar surface area (TPSA) is 60.6 Å². The van der Waals surface area contributed by atoms with Crippen molar-refractivity contribution < 1.29 is 4.42 Å². The first kappa shape index (κ1) is 24.7. The fourth-order valence-electron chi connectivity index (χ4n) is 8.90. The average Bonchev–Trinajstić information content (AvgIpc) is 3.95. The molecule has 1 spiro atoms. The van der Waals surface area contributed by atoms with E-state index in [9.17, 15) is 0 Å². The van der Waals surface area contributed by atoms with Gasteiger partial charge in [0.1, 0.15) is 11.2 Å². The monoisotopic (exact) mass is 613 g/mol. The molecule has 0 saturated carbocycles. The number of aromatic nitrogens is 5. The van der Waals surface area contributed by atoms with Gasteiger partial charge in [-0.25, -0.2) is 15.0 Å². The minimum Gasteiger partial charge on any atom is -0.456 e. The molecular formula is C42H23N5O. The lowest BCUT2D eigenvalue weighted by Gasteiger charge is -2.29. The van der Waals surface area contributed by atoms with Crippen LogP contribution in [0.3, 0.4) is 0 Å². The summed E-state index contributed by atoms with van der Waals surface area (Å²) in [6, 6.07) is 43.5. The quantitative estimate of drug-likeness (QED) is 0.185. The highest BCUT2D eigenvalue weighted by Gasteiger charge is 2.53. The van der Waals surface area contributed by atoms with Gasteiger partial charge >= 0.3 is 0 Å². The number of hydrogen-bond acceptors (Lipinski definition) is 4. The summed E-state index contributed by atoms with van der Waals surface area (Å²) in [5, 5.41) is 2.17.